The summed E-state index contributed by atoms with van der Waals surface area (Å²) in [7, 11) is 3.62. The molecule has 0 radical (unpaired) electrons. The Morgan fingerprint density at radius 1 is 0.951 bits per heavy atom. The van der Waals surface area contributed by atoms with Crippen LogP contribution >= 0.6 is 0 Å². The van der Waals surface area contributed by atoms with E-state index in [2.05, 4.69) is 47.1 Å². The van der Waals surface area contributed by atoms with Crippen LogP contribution in [0.3, 0.4) is 0 Å². The Balaban J connectivity index is 0.000000269. The Kier molecular flexibility index (Phi) is 15.2. The summed E-state index contributed by atoms with van der Waals surface area (Å²) < 4.78 is 0. The predicted molar refractivity (Wildman–Crippen MR) is 171 cm³/mol. The molecule has 222 valence electrons. The van der Waals surface area contributed by atoms with E-state index in [0.717, 1.165) is 36.4 Å². The number of anilines is 2. The molecule has 0 spiro atoms. The van der Waals surface area contributed by atoms with Crippen molar-refractivity contribution in [2.75, 3.05) is 30.9 Å². The van der Waals surface area contributed by atoms with Crippen molar-refractivity contribution in [1.29, 1.82) is 0 Å². The van der Waals surface area contributed by atoms with E-state index in [1.54, 1.807) is 11.9 Å². The van der Waals surface area contributed by atoms with Gasteiger partial charge in [0.2, 0.25) is 12.3 Å². The highest BCUT2D eigenvalue weighted by Gasteiger charge is 2.14. The van der Waals surface area contributed by atoms with E-state index < -0.39 is 0 Å². The van der Waals surface area contributed by atoms with Gasteiger partial charge < -0.3 is 25.6 Å². The van der Waals surface area contributed by atoms with Crippen molar-refractivity contribution in [2.24, 2.45) is 5.92 Å². The maximum atomic E-state index is 11.7. The summed E-state index contributed by atoms with van der Waals surface area (Å²) in [6, 6.07) is 20.6. The van der Waals surface area contributed by atoms with Crippen LogP contribution in [-0.2, 0) is 20.9 Å². The van der Waals surface area contributed by atoms with Crippen molar-refractivity contribution in [2.45, 2.75) is 71.9 Å². The molecule has 0 heterocycles. The van der Waals surface area contributed by atoms with Gasteiger partial charge in [-0.3, -0.25) is 9.59 Å². The number of hydrogen-bond donors (Lipinski definition) is 3. The maximum absolute atomic E-state index is 11.7. The lowest BCUT2D eigenvalue weighted by Crippen LogP contribution is -2.36. The average molecular weight is 561 g/mol. The number of fused-ring (bicyclic) bond motifs is 1. The third-order valence-electron chi connectivity index (χ3n) is 7.15. The van der Waals surface area contributed by atoms with Crippen LogP contribution in [0.5, 0.6) is 0 Å². The Hall–Kier alpha value is -3.71. The van der Waals surface area contributed by atoms with Crippen molar-refractivity contribution < 1.29 is 14.4 Å². The highest BCUT2D eigenvalue weighted by atomic mass is 16.2. The van der Waals surface area contributed by atoms with Crippen molar-refractivity contribution in [3.8, 4) is 0 Å². The molecule has 0 saturated heterocycles. The molecule has 7 nitrogen and oxygen atoms in total. The fourth-order valence-corrected chi connectivity index (χ4v) is 5.03. The first kappa shape index (κ1) is 33.5. The molecule has 0 bridgehead atoms. The number of aryl methyl sites for hydroxylation is 1. The Bertz CT molecular complexity index is 1220. The van der Waals surface area contributed by atoms with Crippen LogP contribution in [0.25, 0.3) is 10.8 Å². The van der Waals surface area contributed by atoms with Crippen molar-refractivity contribution in [3.05, 3.63) is 71.8 Å². The third-order valence-corrected chi connectivity index (χ3v) is 7.15. The maximum Gasteiger partial charge on any atom is 0.234 e. The minimum absolute atomic E-state index is 0.0486. The van der Waals surface area contributed by atoms with Gasteiger partial charge in [0.05, 0.1) is 24.5 Å². The van der Waals surface area contributed by atoms with Gasteiger partial charge >= 0.3 is 0 Å². The first-order chi connectivity index (χ1) is 19.8. The zero-order valence-electron chi connectivity index (χ0n) is 25.4. The lowest BCUT2D eigenvalue weighted by molar-refractivity contribution is -0.120. The molecular weight excluding hydrogens is 512 g/mol. The van der Waals surface area contributed by atoms with Crippen LogP contribution in [0.2, 0.25) is 0 Å². The molecule has 0 unspecified atom stereocenters. The Morgan fingerprint density at radius 2 is 1.63 bits per heavy atom. The van der Waals surface area contributed by atoms with Gasteiger partial charge in [-0.25, -0.2) is 0 Å². The largest absolute Gasteiger partial charge is 0.386 e. The minimum Gasteiger partial charge on any atom is -0.386 e. The number of nitrogens with one attached hydrogen (secondary N) is 3. The van der Waals surface area contributed by atoms with Gasteiger partial charge in [0, 0.05) is 19.5 Å². The normalized spacial score (nSPS) is 12.8. The second kappa shape index (κ2) is 18.6. The van der Waals surface area contributed by atoms with E-state index in [4.69, 9.17) is 0 Å². The summed E-state index contributed by atoms with van der Waals surface area (Å²) >= 11 is 0. The molecule has 1 saturated carbocycles. The second-order valence-corrected chi connectivity index (χ2v) is 10.7. The van der Waals surface area contributed by atoms with Crippen LogP contribution in [-0.4, -0.2) is 45.3 Å². The van der Waals surface area contributed by atoms with Crippen LogP contribution < -0.4 is 20.9 Å². The smallest absolute Gasteiger partial charge is 0.234 e. The molecule has 3 aromatic carbocycles. The number of nitrogens with zero attached hydrogens (tertiary/aromatic N) is 1. The van der Waals surface area contributed by atoms with E-state index in [-0.39, 0.29) is 11.9 Å². The number of benzene rings is 3. The molecule has 0 aromatic heterocycles. The first-order valence-corrected chi connectivity index (χ1v) is 14.7. The number of hydrogen-bond acceptors (Lipinski definition) is 5. The third kappa shape index (κ3) is 11.4. The lowest BCUT2D eigenvalue weighted by Gasteiger charge is -2.22. The van der Waals surface area contributed by atoms with Crippen LogP contribution in [0, 0.1) is 12.8 Å². The number of likely N-dealkylation sites (N-methyl/N-ethyl adjacent to an activating group) is 1. The summed E-state index contributed by atoms with van der Waals surface area (Å²) in [6.45, 7) is 6.92. The van der Waals surface area contributed by atoms with Gasteiger partial charge in [0.25, 0.3) is 0 Å². The fraction of sp³-hybridized carbons (Fsp3) is 0.441. The molecule has 1 aliphatic rings. The van der Waals surface area contributed by atoms with Gasteiger partial charge in [0.15, 0.2) is 0 Å². The monoisotopic (exact) mass is 560 g/mol. The quantitative estimate of drug-likeness (QED) is 0.256. The fourth-order valence-electron chi connectivity index (χ4n) is 5.03. The predicted octanol–water partition coefficient (Wildman–Crippen LogP) is 6.24. The van der Waals surface area contributed by atoms with Crippen molar-refractivity contribution in [3.63, 3.8) is 0 Å². The summed E-state index contributed by atoms with van der Waals surface area (Å²) in [5, 5.41) is 11.0. The molecular formula is C34H48N4O3. The highest BCUT2D eigenvalue weighted by Crippen LogP contribution is 2.29. The standard InChI is InChI=1S/C20H20N2O.C8H14O.C6H14N2O/c1-15-11-12-16-7-3-4-8-17(16)18(15)13-22(14-23)20-10-6-5-9-19(20)21-2;9-7-6-8-4-2-1-3-5-8;1-5(2)8-6(9)4-7-3/h3-12,14,21H,13H2,1-2H3;7-8H,1-6H2;5,7H,4H2,1-3H3,(H,8,9). The summed E-state index contributed by atoms with van der Waals surface area (Å²) in [4.78, 5) is 34.2. The molecule has 1 aliphatic carbocycles. The van der Waals surface area contributed by atoms with Gasteiger partial charge in [-0.15, -0.1) is 0 Å². The number of carbonyl (C=O) groups excluding carboxylic acids is 3. The first-order valence-electron chi connectivity index (χ1n) is 14.7. The van der Waals surface area contributed by atoms with Crippen LogP contribution in [0.15, 0.2) is 60.7 Å². The van der Waals surface area contributed by atoms with E-state index >= 15 is 0 Å². The topological polar surface area (TPSA) is 90.5 Å². The van der Waals surface area contributed by atoms with E-state index in [9.17, 15) is 14.4 Å². The second-order valence-electron chi connectivity index (χ2n) is 10.7. The number of para-hydroxylation sites is 2. The van der Waals surface area contributed by atoms with Crippen LogP contribution in [0.4, 0.5) is 11.4 Å². The van der Waals surface area contributed by atoms with Crippen molar-refractivity contribution in [1.82, 2.24) is 10.6 Å². The number of aldehydes is 1. The SMILES string of the molecule is CNCC(=O)NC(C)C.CNc1ccccc1N(C=O)Cc1c(C)ccc2ccccc12.O=CCC1CCCCC1. The molecule has 0 aliphatic heterocycles. The molecule has 2 amide bonds. The molecule has 3 N–H and O–H groups in total. The van der Waals surface area contributed by atoms with Gasteiger partial charge in [-0.1, -0.05) is 80.6 Å². The Morgan fingerprint density at radius 3 is 2.27 bits per heavy atom. The molecule has 41 heavy (non-hydrogen) atoms. The van der Waals surface area contributed by atoms with E-state index in [0.29, 0.717) is 13.1 Å². The van der Waals surface area contributed by atoms with Gasteiger partial charge in [0.1, 0.15) is 6.29 Å². The lowest BCUT2D eigenvalue weighted by atomic mass is 9.87. The summed E-state index contributed by atoms with van der Waals surface area (Å²) in [5.74, 6) is 0.781. The average Bonchev–Trinajstić information content (AvgIpc) is 2.98. The molecule has 4 rings (SSSR count). The molecule has 7 heteroatoms. The summed E-state index contributed by atoms with van der Waals surface area (Å²) in [5.41, 5.74) is 4.20. The molecule has 3 aromatic rings. The van der Waals surface area contributed by atoms with Crippen molar-refractivity contribution >= 4 is 40.8 Å². The summed E-state index contributed by atoms with van der Waals surface area (Å²) in [6.07, 6.45) is 9.43. The number of amides is 2. The van der Waals surface area contributed by atoms with Gasteiger partial charge in [-0.05, 0) is 67.8 Å². The zero-order valence-corrected chi connectivity index (χ0v) is 25.4. The molecule has 0 atom stereocenters. The van der Waals surface area contributed by atoms with Gasteiger partial charge in [-0.2, -0.15) is 0 Å². The van der Waals surface area contributed by atoms with E-state index in [1.807, 2.05) is 57.3 Å². The Labute approximate surface area is 246 Å². The minimum atomic E-state index is 0.0486. The van der Waals surface area contributed by atoms with Crippen LogP contribution in [0.1, 0.15) is 63.5 Å². The highest BCUT2D eigenvalue weighted by molar-refractivity contribution is 5.89. The number of carbonyl (C=O) groups is 3. The van der Waals surface area contributed by atoms with E-state index in [1.165, 1.54) is 54.0 Å². The molecule has 1 fully saturated rings. The number of rotatable bonds is 10. The zero-order chi connectivity index (χ0) is 30.0.